The third kappa shape index (κ3) is 2.45. The fraction of sp³-hybridized carbons (Fsp3) is 0.562. The number of aliphatic hydroxyl groups is 1. The van der Waals surface area contributed by atoms with E-state index in [0.29, 0.717) is 18.1 Å². The molecule has 1 fully saturated rings. The summed E-state index contributed by atoms with van der Waals surface area (Å²) in [5, 5.41) is 13.8. The summed E-state index contributed by atoms with van der Waals surface area (Å²) in [6.45, 7) is 4.40. The molecule has 0 aromatic heterocycles. The quantitative estimate of drug-likeness (QED) is 0.829. The van der Waals surface area contributed by atoms with Crippen LogP contribution in [0.2, 0.25) is 0 Å². The first-order valence-electron chi connectivity index (χ1n) is 7.35. The van der Waals surface area contributed by atoms with Gasteiger partial charge in [0, 0.05) is 5.56 Å². The molecule has 20 heavy (non-hydrogen) atoms. The lowest BCUT2D eigenvalue weighted by Gasteiger charge is -2.25. The molecular formula is C16H21NO3. The van der Waals surface area contributed by atoms with Crippen LogP contribution in [0.1, 0.15) is 52.4 Å². The summed E-state index contributed by atoms with van der Waals surface area (Å²) in [6.07, 6.45) is 2.61. The summed E-state index contributed by atoms with van der Waals surface area (Å²) in [7, 11) is 0. The minimum absolute atomic E-state index is 0.248. The second kappa shape index (κ2) is 5.54. The van der Waals surface area contributed by atoms with Gasteiger partial charge in [-0.2, -0.15) is 0 Å². The van der Waals surface area contributed by atoms with Crippen molar-refractivity contribution in [3.8, 4) is 0 Å². The Hall–Kier alpha value is -1.39. The van der Waals surface area contributed by atoms with Gasteiger partial charge in [0.1, 0.15) is 6.61 Å². The van der Waals surface area contributed by atoms with Crippen LogP contribution in [-0.4, -0.2) is 24.2 Å². The van der Waals surface area contributed by atoms with Crippen molar-refractivity contribution in [1.29, 1.82) is 0 Å². The molecule has 0 saturated carbocycles. The van der Waals surface area contributed by atoms with E-state index in [1.165, 1.54) is 0 Å². The molecule has 0 aliphatic carbocycles. The number of rotatable bonds is 3. The van der Waals surface area contributed by atoms with Crippen molar-refractivity contribution >= 4 is 5.97 Å². The van der Waals surface area contributed by atoms with E-state index in [1.54, 1.807) is 6.07 Å². The Kier molecular flexibility index (Phi) is 3.76. The van der Waals surface area contributed by atoms with Crippen LogP contribution in [0.25, 0.3) is 0 Å². The number of piperidine rings is 1. The average molecular weight is 275 g/mol. The van der Waals surface area contributed by atoms with Gasteiger partial charge in [0.2, 0.25) is 0 Å². The normalized spacial score (nSPS) is 20.6. The number of benzene rings is 1. The minimum atomic E-state index is -0.445. The molecule has 0 spiro atoms. The first-order valence-corrected chi connectivity index (χ1v) is 7.35. The minimum Gasteiger partial charge on any atom is -0.457 e. The van der Waals surface area contributed by atoms with Gasteiger partial charge in [0.25, 0.3) is 0 Å². The molecule has 2 aliphatic heterocycles. The maximum Gasteiger partial charge on any atom is 0.338 e. The lowest BCUT2D eigenvalue weighted by molar-refractivity contribution is 0.0535. The molecule has 4 nitrogen and oxygen atoms in total. The Labute approximate surface area is 119 Å². The molecule has 0 bridgehead atoms. The third-order valence-corrected chi connectivity index (χ3v) is 4.58. The van der Waals surface area contributed by atoms with E-state index in [2.05, 4.69) is 5.32 Å². The molecule has 1 saturated heterocycles. The highest BCUT2D eigenvalue weighted by atomic mass is 16.5. The lowest BCUT2D eigenvalue weighted by Crippen LogP contribution is -2.28. The summed E-state index contributed by atoms with van der Waals surface area (Å²) in [6, 6.07) is 3.67. The van der Waals surface area contributed by atoms with Gasteiger partial charge in [-0.1, -0.05) is 6.07 Å². The van der Waals surface area contributed by atoms with Gasteiger partial charge in [0.15, 0.2) is 0 Å². The van der Waals surface area contributed by atoms with E-state index in [-0.39, 0.29) is 5.97 Å². The summed E-state index contributed by atoms with van der Waals surface area (Å²) in [5.41, 5.74) is 3.55. The van der Waals surface area contributed by atoms with E-state index in [9.17, 15) is 9.90 Å². The van der Waals surface area contributed by atoms with E-state index < -0.39 is 6.10 Å². The number of aliphatic hydroxyl groups excluding tert-OH is 1. The van der Waals surface area contributed by atoms with Crippen molar-refractivity contribution in [1.82, 2.24) is 5.32 Å². The summed E-state index contributed by atoms with van der Waals surface area (Å²) in [4.78, 5) is 11.5. The fourth-order valence-corrected chi connectivity index (χ4v) is 3.29. The molecule has 108 valence electrons. The summed E-state index contributed by atoms with van der Waals surface area (Å²) < 4.78 is 5.06. The number of esters is 1. The number of hydrogen-bond donors (Lipinski definition) is 2. The maximum atomic E-state index is 11.5. The number of ether oxygens (including phenoxy) is 1. The molecule has 0 radical (unpaired) electrons. The van der Waals surface area contributed by atoms with Crippen LogP contribution in [0.4, 0.5) is 0 Å². The van der Waals surface area contributed by atoms with Crippen molar-refractivity contribution in [2.75, 3.05) is 13.1 Å². The van der Waals surface area contributed by atoms with Gasteiger partial charge in [-0.25, -0.2) is 4.79 Å². The van der Waals surface area contributed by atoms with Gasteiger partial charge in [-0.3, -0.25) is 0 Å². The van der Waals surface area contributed by atoms with Crippen LogP contribution in [-0.2, 0) is 11.3 Å². The molecule has 0 amide bonds. The molecule has 2 N–H and O–H groups in total. The highest BCUT2D eigenvalue weighted by molar-refractivity contribution is 5.93. The Balaban J connectivity index is 1.78. The van der Waals surface area contributed by atoms with Crippen LogP contribution in [0.3, 0.4) is 0 Å². The Morgan fingerprint density at radius 2 is 2.15 bits per heavy atom. The van der Waals surface area contributed by atoms with Crippen LogP contribution >= 0.6 is 0 Å². The number of nitrogens with one attached hydrogen (secondary N) is 1. The molecule has 1 atom stereocenters. The number of hydrogen-bond acceptors (Lipinski definition) is 4. The molecule has 1 aromatic rings. The SMILES string of the molecule is Cc1c(C(O)CC2CCNCC2)ccc2c1COC2=O. The Morgan fingerprint density at radius 1 is 1.40 bits per heavy atom. The van der Waals surface area contributed by atoms with Crippen molar-refractivity contribution < 1.29 is 14.6 Å². The number of carbonyl (C=O) groups excluding carboxylic acids is 1. The van der Waals surface area contributed by atoms with Gasteiger partial charge in [-0.05, 0) is 62.4 Å². The molecule has 3 rings (SSSR count). The maximum absolute atomic E-state index is 11.5. The second-order valence-electron chi connectivity index (χ2n) is 5.83. The Morgan fingerprint density at radius 3 is 2.90 bits per heavy atom. The summed E-state index contributed by atoms with van der Waals surface area (Å²) in [5.74, 6) is 0.333. The molecule has 2 aliphatic rings. The van der Waals surface area contributed by atoms with E-state index >= 15 is 0 Å². The van der Waals surface area contributed by atoms with Gasteiger partial charge < -0.3 is 15.2 Å². The van der Waals surface area contributed by atoms with Crippen molar-refractivity contribution in [2.45, 2.75) is 38.9 Å². The van der Waals surface area contributed by atoms with E-state index in [1.807, 2.05) is 13.0 Å². The number of cyclic esters (lactones) is 1. The monoisotopic (exact) mass is 275 g/mol. The zero-order chi connectivity index (χ0) is 14.1. The molecule has 2 heterocycles. The first-order chi connectivity index (χ1) is 9.66. The van der Waals surface area contributed by atoms with Crippen LogP contribution in [0.5, 0.6) is 0 Å². The molecule has 4 heteroatoms. The van der Waals surface area contributed by atoms with E-state index in [4.69, 9.17) is 4.74 Å². The summed E-state index contributed by atoms with van der Waals surface area (Å²) >= 11 is 0. The zero-order valence-corrected chi connectivity index (χ0v) is 11.8. The van der Waals surface area contributed by atoms with E-state index in [0.717, 1.165) is 49.0 Å². The number of fused-ring (bicyclic) bond motifs is 1. The number of carbonyl (C=O) groups is 1. The molecule has 1 aromatic carbocycles. The van der Waals surface area contributed by atoms with Gasteiger partial charge in [0.05, 0.1) is 11.7 Å². The molecular weight excluding hydrogens is 254 g/mol. The standard InChI is InChI=1S/C16H21NO3/c1-10-12(2-3-13-14(10)9-20-16(13)19)15(18)8-11-4-6-17-7-5-11/h2-3,11,15,17-18H,4-9H2,1H3. The molecule has 1 unspecified atom stereocenters. The van der Waals surface area contributed by atoms with Crippen molar-refractivity contribution in [3.05, 3.63) is 34.4 Å². The second-order valence-corrected chi connectivity index (χ2v) is 5.83. The van der Waals surface area contributed by atoms with Gasteiger partial charge >= 0.3 is 5.97 Å². The smallest absolute Gasteiger partial charge is 0.338 e. The van der Waals surface area contributed by atoms with Crippen molar-refractivity contribution in [3.63, 3.8) is 0 Å². The highest BCUT2D eigenvalue weighted by Gasteiger charge is 2.26. The fourth-order valence-electron chi connectivity index (χ4n) is 3.29. The predicted molar refractivity (Wildman–Crippen MR) is 75.5 cm³/mol. The highest BCUT2D eigenvalue weighted by Crippen LogP contribution is 2.32. The predicted octanol–water partition coefficient (Wildman–Crippen LogP) is 2.09. The van der Waals surface area contributed by atoms with Crippen molar-refractivity contribution in [2.24, 2.45) is 5.92 Å². The third-order valence-electron chi connectivity index (χ3n) is 4.58. The topological polar surface area (TPSA) is 58.6 Å². The zero-order valence-electron chi connectivity index (χ0n) is 11.8. The first kappa shape index (κ1) is 13.6. The Bertz CT molecular complexity index is 521. The van der Waals surface area contributed by atoms with Crippen LogP contribution < -0.4 is 5.32 Å². The van der Waals surface area contributed by atoms with Gasteiger partial charge in [-0.15, -0.1) is 0 Å². The lowest BCUT2D eigenvalue weighted by atomic mass is 9.87. The largest absolute Gasteiger partial charge is 0.457 e. The van der Waals surface area contributed by atoms with Crippen LogP contribution in [0.15, 0.2) is 12.1 Å². The average Bonchev–Trinajstić information content (AvgIpc) is 2.83. The van der Waals surface area contributed by atoms with Crippen LogP contribution in [0, 0.1) is 12.8 Å².